The van der Waals surface area contributed by atoms with E-state index < -0.39 is 6.09 Å². The molecule has 1 unspecified atom stereocenters. The molecule has 2 rings (SSSR count). The average Bonchev–Trinajstić information content (AvgIpc) is 2.78. The fourth-order valence-electron chi connectivity index (χ4n) is 1.68. The normalized spacial score (nSPS) is 12.1. The molecule has 1 aromatic heterocycles. The maximum Gasteiger partial charge on any atom is 0.412 e. The smallest absolute Gasteiger partial charge is 0.367 e. The molecule has 0 bridgehead atoms. The SMILES string of the molecule is CC(NCc1no[n+]([O-])c1OC(N)=O)c1ccccc1. The van der Waals surface area contributed by atoms with Crippen LogP contribution >= 0.6 is 0 Å². The van der Waals surface area contributed by atoms with Crippen LogP contribution in [-0.4, -0.2) is 11.2 Å². The van der Waals surface area contributed by atoms with Crippen molar-refractivity contribution in [2.24, 2.45) is 5.73 Å². The lowest BCUT2D eigenvalue weighted by Crippen LogP contribution is -2.30. The number of carbonyl (C=O) groups excluding carboxylic acids is 1. The van der Waals surface area contributed by atoms with E-state index in [1.807, 2.05) is 37.3 Å². The number of rotatable bonds is 5. The molecule has 20 heavy (non-hydrogen) atoms. The minimum Gasteiger partial charge on any atom is -0.367 e. The van der Waals surface area contributed by atoms with E-state index in [9.17, 15) is 10.0 Å². The molecule has 8 heteroatoms. The van der Waals surface area contributed by atoms with Crippen molar-refractivity contribution in [2.75, 3.05) is 0 Å². The van der Waals surface area contributed by atoms with Gasteiger partial charge in [0.2, 0.25) is 0 Å². The number of aromatic nitrogens is 2. The molecule has 0 aliphatic carbocycles. The van der Waals surface area contributed by atoms with Crippen molar-refractivity contribution in [3.8, 4) is 5.88 Å². The van der Waals surface area contributed by atoms with Gasteiger partial charge in [0, 0.05) is 11.2 Å². The predicted molar refractivity (Wildman–Crippen MR) is 67.4 cm³/mol. The molecule has 0 fully saturated rings. The monoisotopic (exact) mass is 278 g/mol. The molecule has 0 saturated heterocycles. The molecule has 106 valence electrons. The van der Waals surface area contributed by atoms with Gasteiger partial charge in [0.15, 0.2) is 0 Å². The van der Waals surface area contributed by atoms with Crippen LogP contribution in [0.3, 0.4) is 0 Å². The zero-order valence-electron chi connectivity index (χ0n) is 10.8. The molecule has 1 atom stereocenters. The van der Waals surface area contributed by atoms with Crippen LogP contribution in [0.15, 0.2) is 35.0 Å². The van der Waals surface area contributed by atoms with E-state index in [-0.39, 0.29) is 29.1 Å². The van der Waals surface area contributed by atoms with Crippen molar-refractivity contribution < 1.29 is 19.1 Å². The molecule has 2 aromatic rings. The van der Waals surface area contributed by atoms with Gasteiger partial charge < -0.3 is 21.0 Å². The van der Waals surface area contributed by atoms with Gasteiger partial charge in [-0.1, -0.05) is 30.3 Å². The first kappa shape index (κ1) is 13.8. The van der Waals surface area contributed by atoms with Crippen molar-refractivity contribution in [1.29, 1.82) is 0 Å². The minimum absolute atomic E-state index is 0.00500. The summed E-state index contributed by atoms with van der Waals surface area (Å²) in [5.41, 5.74) is 6.11. The van der Waals surface area contributed by atoms with Crippen LogP contribution in [0.5, 0.6) is 5.88 Å². The highest BCUT2D eigenvalue weighted by Crippen LogP contribution is 2.15. The van der Waals surface area contributed by atoms with Crippen LogP contribution in [-0.2, 0) is 6.54 Å². The summed E-state index contributed by atoms with van der Waals surface area (Å²) in [5.74, 6) is -0.356. The summed E-state index contributed by atoms with van der Waals surface area (Å²) in [6.45, 7) is 2.15. The van der Waals surface area contributed by atoms with Gasteiger partial charge in [0.1, 0.15) is 0 Å². The second-order valence-electron chi connectivity index (χ2n) is 4.12. The van der Waals surface area contributed by atoms with E-state index >= 15 is 0 Å². The fourth-order valence-corrected chi connectivity index (χ4v) is 1.68. The Kier molecular flexibility index (Phi) is 4.16. The number of nitrogens with two attached hydrogens (primary N) is 1. The number of ether oxygens (including phenoxy) is 1. The highest BCUT2D eigenvalue weighted by atomic mass is 16.8. The first-order valence-corrected chi connectivity index (χ1v) is 5.92. The standard InChI is InChI=1S/C12H14N4O4/c1-8(9-5-3-2-4-6-9)14-7-10-11(19-12(13)17)16(18)20-15-10/h2-6,8,14H,7H2,1H3,(H2,13,17). The Morgan fingerprint density at radius 3 is 2.90 bits per heavy atom. The summed E-state index contributed by atoms with van der Waals surface area (Å²) in [6.07, 6.45) is -1.10. The summed E-state index contributed by atoms with van der Waals surface area (Å²) in [6, 6.07) is 9.74. The Hall–Kier alpha value is -2.61. The summed E-state index contributed by atoms with van der Waals surface area (Å²) < 4.78 is 8.92. The van der Waals surface area contributed by atoms with Crippen molar-refractivity contribution in [3.05, 3.63) is 46.8 Å². The van der Waals surface area contributed by atoms with Crippen molar-refractivity contribution in [1.82, 2.24) is 10.5 Å². The summed E-state index contributed by atoms with van der Waals surface area (Å²) in [5, 5.41) is 17.9. The van der Waals surface area contributed by atoms with Gasteiger partial charge in [0.05, 0.1) is 6.54 Å². The van der Waals surface area contributed by atoms with Crippen LogP contribution in [0.2, 0.25) is 0 Å². The Balaban J connectivity index is 2.02. The van der Waals surface area contributed by atoms with Crippen LogP contribution in [0.1, 0.15) is 24.2 Å². The third-order valence-electron chi connectivity index (χ3n) is 2.71. The van der Waals surface area contributed by atoms with Gasteiger partial charge in [-0.2, -0.15) is 0 Å². The van der Waals surface area contributed by atoms with E-state index in [0.29, 0.717) is 0 Å². The molecular formula is C12H14N4O4. The maximum atomic E-state index is 11.2. The van der Waals surface area contributed by atoms with Crippen molar-refractivity contribution in [3.63, 3.8) is 0 Å². The van der Waals surface area contributed by atoms with Crippen molar-refractivity contribution >= 4 is 6.09 Å². The van der Waals surface area contributed by atoms with E-state index in [4.69, 9.17) is 5.73 Å². The van der Waals surface area contributed by atoms with Crippen molar-refractivity contribution in [2.45, 2.75) is 19.5 Å². The summed E-state index contributed by atoms with van der Waals surface area (Å²) in [4.78, 5) is 10.7. The van der Waals surface area contributed by atoms with Gasteiger partial charge in [-0.05, 0) is 17.4 Å². The van der Waals surface area contributed by atoms with Crippen LogP contribution in [0, 0.1) is 5.21 Å². The Morgan fingerprint density at radius 2 is 2.25 bits per heavy atom. The minimum atomic E-state index is -1.10. The largest absolute Gasteiger partial charge is 0.412 e. The van der Waals surface area contributed by atoms with E-state index in [1.165, 1.54) is 0 Å². The van der Waals surface area contributed by atoms with Gasteiger partial charge in [-0.15, -0.1) is 0 Å². The third kappa shape index (κ3) is 3.23. The number of amides is 1. The number of hydrogen-bond acceptors (Lipinski definition) is 6. The number of nitrogens with zero attached hydrogens (tertiary/aromatic N) is 2. The van der Waals surface area contributed by atoms with Gasteiger partial charge in [0.25, 0.3) is 5.69 Å². The Morgan fingerprint density at radius 1 is 1.55 bits per heavy atom. The lowest BCUT2D eigenvalue weighted by Gasteiger charge is -2.12. The molecule has 0 aliphatic heterocycles. The molecule has 1 amide bonds. The van der Waals surface area contributed by atoms with Gasteiger partial charge in [-0.25, -0.2) is 4.79 Å². The first-order valence-electron chi connectivity index (χ1n) is 5.92. The summed E-state index contributed by atoms with van der Waals surface area (Å²) >= 11 is 0. The Bertz CT molecular complexity index is 584. The molecule has 0 aliphatic rings. The second kappa shape index (κ2) is 6.02. The van der Waals surface area contributed by atoms with Crippen LogP contribution < -0.4 is 20.7 Å². The zero-order chi connectivity index (χ0) is 14.5. The van der Waals surface area contributed by atoms with E-state index in [0.717, 1.165) is 5.56 Å². The lowest BCUT2D eigenvalue weighted by molar-refractivity contribution is -0.804. The maximum absolute atomic E-state index is 11.2. The molecule has 0 spiro atoms. The zero-order valence-corrected chi connectivity index (χ0v) is 10.8. The molecule has 3 N–H and O–H groups in total. The topological polar surface area (TPSA) is 117 Å². The number of benzene rings is 1. The van der Waals surface area contributed by atoms with Gasteiger partial charge in [-0.3, -0.25) is 4.63 Å². The fraction of sp³-hybridized carbons (Fsp3) is 0.250. The number of nitrogens with one attached hydrogen (secondary N) is 1. The number of carbonyl (C=O) groups is 1. The van der Waals surface area contributed by atoms with E-state index in [1.54, 1.807) is 0 Å². The third-order valence-corrected chi connectivity index (χ3v) is 2.71. The highest BCUT2D eigenvalue weighted by Gasteiger charge is 2.23. The van der Waals surface area contributed by atoms with Crippen LogP contribution in [0.4, 0.5) is 4.79 Å². The lowest BCUT2D eigenvalue weighted by atomic mass is 10.1. The highest BCUT2D eigenvalue weighted by molar-refractivity contribution is 5.67. The number of hydrogen-bond donors (Lipinski definition) is 2. The molecule has 1 heterocycles. The first-order chi connectivity index (χ1) is 9.58. The second-order valence-corrected chi connectivity index (χ2v) is 4.12. The van der Waals surface area contributed by atoms with Crippen LogP contribution in [0.25, 0.3) is 0 Å². The quantitative estimate of drug-likeness (QED) is 0.774. The average molecular weight is 278 g/mol. The summed E-state index contributed by atoms with van der Waals surface area (Å²) in [7, 11) is 0. The number of primary amides is 1. The molecule has 0 saturated carbocycles. The molecular weight excluding hydrogens is 264 g/mol. The molecule has 8 nitrogen and oxygen atoms in total. The molecule has 0 radical (unpaired) electrons. The Labute approximate surface area is 114 Å². The van der Waals surface area contributed by atoms with Gasteiger partial charge >= 0.3 is 12.0 Å². The predicted octanol–water partition coefficient (Wildman–Crippen LogP) is 0.616. The molecule has 1 aromatic carbocycles. The van der Waals surface area contributed by atoms with E-state index in [2.05, 4.69) is 19.8 Å².